The molecule has 0 saturated carbocycles. The minimum absolute atomic E-state index is 0.00176. The summed E-state index contributed by atoms with van der Waals surface area (Å²) < 4.78 is 10.1. The molecule has 0 bridgehead atoms. The molecule has 0 aliphatic carbocycles. The standard InChI is InChI=1S/C13H22O4/c1-5-7-11(13(15)17-10(3)4)9-16-12(14)8-6-2/h7,10H,5-6,8-9H2,1-4H3. The molecule has 0 saturated heterocycles. The smallest absolute Gasteiger partial charge is 0.337 e. The monoisotopic (exact) mass is 242 g/mol. The van der Waals surface area contributed by atoms with Gasteiger partial charge in [-0.25, -0.2) is 4.79 Å². The average Bonchev–Trinajstić information content (AvgIpc) is 2.23. The molecule has 0 unspecified atom stereocenters. The number of allylic oxidation sites excluding steroid dienone is 1. The molecule has 0 rings (SSSR count). The SMILES string of the molecule is CCC=C(COC(=O)CCC)C(=O)OC(C)C. The number of ether oxygens (including phenoxy) is 2. The first-order chi connectivity index (χ1) is 8.01. The fraction of sp³-hybridized carbons (Fsp3) is 0.692. The molecule has 0 aliphatic rings. The minimum Gasteiger partial charge on any atom is -0.461 e. The van der Waals surface area contributed by atoms with Crippen molar-refractivity contribution in [2.45, 2.75) is 53.1 Å². The van der Waals surface area contributed by atoms with Crippen LogP contribution < -0.4 is 0 Å². The number of carbonyl (C=O) groups excluding carboxylic acids is 2. The van der Waals surface area contributed by atoms with E-state index in [1.807, 2.05) is 13.8 Å². The van der Waals surface area contributed by atoms with Gasteiger partial charge in [-0.1, -0.05) is 19.9 Å². The first-order valence-electron chi connectivity index (χ1n) is 6.06. The van der Waals surface area contributed by atoms with Crippen molar-refractivity contribution in [3.05, 3.63) is 11.6 Å². The predicted octanol–water partition coefficient (Wildman–Crippen LogP) is 2.62. The lowest BCUT2D eigenvalue weighted by molar-refractivity contribution is -0.146. The quantitative estimate of drug-likeness (QED) is 0.508. The van der Waals surface area contributed by atoms with Gasteiger partial charge in [0, 0.05) is 6.42 Å². The second-order valence-electron chi connectivity index (χ2n) is 4.00. The van der Waals surface area contributed by atoms with E-state index in [1.165, 1.54) is 0 Å². The van der Waals surface area contributed by atoms with Crippen LogP contribution in [0.5, 0.6) is 0 Å². The zero-order chi connectivity index (χ0) is 13.3. The normalized spacial score (nSPS) is 11.5. The third-order valence-corrected chi connectivity index (χ3v) is 1.90. The van der Waals surface area contributed by atoms with Crippen LogP contribution in [-0.4, -0.2) is 24.6 Å². The van der Waals surface area contributed by atoms with Crippen LogP contribution in [0.4, 0.5) is 0 Å². The van der Waals surface area contributed by atoms with E-state index in [0.29, 0.717) is 18.4 Å². The van der Waals surface area contributed by atoms with E-state index in [2.05, 4.69) is 0 Å². The zero-order valence-electron chi connectivity index (χ0n) is 11.1. The van der Waals surface area contributed by atoms with Crippen LogP contribution in [0.3, 0.4) is 0 Å². The maximum atomic E-state index is 11.6. The summed E-state index contributed by atoms with van der Waals surface area (Å²) in [5, 5.41) is 0. The van der Waals surface area contributed by atoms with E-state index >= 15 is 0 Å². The van der Waals surface area contributed by atoms with Crippen LogP contribution in [-0.2, 0) is 19.1 Å². The Kier molecular flexibility index (Phi) is 8.11. The van der Waals surface area contributed by atoms with Crippen molar-refractivity contribution in [3.8, 4) is 0 Å². The van der Waals surface area contributed by atoms with Crippen molar-refractivity contribution in [3.63, 3.8) is 0 Å². The second-order valence-corrected chi connectivity index (χ2v) is 4.00. The summed E-state index contributed by atoms with van der Waals surface area (Å²) in [4.78, 5) is 22.8. The van der Waals surface area contributed by atoms with Crippen molar-refractivity contribution in [2.75, 3.05) is 6.61 Å². The van der Waals surface area contributed by atoms with Gasteiger partial charge in [-0.3, -0.25) is 4.79 Å². The van der Waals surface area contributed by atoms with Gasteiger partial charge in [0.2, 0.25) is 0 Å². The van der Waals surface area contributed by atoms with Crippen LogP contribution >= 0.6 is 0 Å². The van der Waals surface area contributed by atoms with Crippen molar-refractivity contribution in [1.82, 2.24) is 0 Å². The molecule has 17 heavy (non-hydrogen) atoms. The summed E-state index contributed by atoms with van der Waals surface area (Å²) in [7, 11) is 0. The molecule has 4 nitrogen and oxygen atoms in total. The average molecular weight is 242 g/mol. The molecule has 0 N–H and O–H groups in total. The van der Waals surface area contributed by atoms with Gasteiger partial charge < -0.3 is 9.47 Å². The Hall–Kier alpha value is -1.32. The molecule has 0 aliphatic heterocycles. The lowest BCUT2D eigenvalue weighted by Crippen LogP contribution is -2.18. The highest BCUT2D eigenvalue weighted by molar-refractivity contribution is 5.89. The van der Waals surface area contributed by atoms with Crippen molar-refractivity contribution in [1.29, 1.82) is 0 Å². The van der Waals surface area contributed by atoms with Gasteiger partial charge in [0.1, 0.15) is 6.61 Å². The molecule has 0 atom stereocenters. The molecule has 0 fully saturated rings. The molecule has 0 aromatic rings. The van der Waals surface area contributed by atoms with Crippen LogP contribution in [0.15, 0.2) is 11.6 Å². The molecule has 0 radical (unpaired) electrons. The summed E-state index contributed by atoms with van der Waals surface area (Å²) in [6, 6.07) is 0. The summed E-state index contributed by atoms with van der Waals surface area (Å²) in [6.07, 6.45) is 3.37. The van der Waals surface area contributed by atoms with Crippen molar-refractivity contribution < 1.29 is 19.1 Å². The second kappa shape index (κ2) is 8.79. The number of carbonyl (C=O) groups is 2. The van der Waals surface area contributed by atoms with Crippen LogP contribution in [0, 0.1) is 0 Å². The summed E-state index contributed by atoms with van der Waals surface area (Å²) in [5.74, 6) is -0.696. The number of rotatable bonds is 7. The molecule has 0 aromatic carbocycles. The first kappa shape index (κ1) is 15.7. The van der Waals surface area contributed by atoms with E-state index in [1.54, 1.807) is 19.9 Å². The lowest BCUT2D eigenvalue weighted by atomic mass is 10.2. The molecule has 0 amide bonds. The van der Waals surface area contributed by atoms with E-state index < -0.39 is 5.97 Å². The van der Waals surface area contributed by atoms with Gasteiger partial charge in [0.25, 0.3) is 0 Å². The molecular formula is C13H22O4. The number of hydrogen-bond acceptors (Lipinski definition) is 4. The van der Waals surface area contributed by atoms with Gasteiger partial charge in [0.15, 0.2) is 0 Å². The topological polar surface area (TPSA) is 52.6 Å². The molecule has 0 spiro atoms. The minimum atomic E-state index is -0.411. The van der Waals surface area contributed by atoms with E-state index in [9.17, 15) is 9.59 Å². The maximum absolute atomic E-state index is 11.6. The Morgan fingerprint density at radius 3 is 2.35 bits per heavy atom. The fourth-order valence-electron chi connectivity index (χ4n) is 1.17. The zero-order valence-corrected chi connectivity index (χ0v) is 11.1. The van der Waals surface area contributed by atoms with Gasteiger partial charge in [-0.05, 0) is 26.7 Å². The molecular weight excluding hydrogens is 220 g/mol. The molecule has 0 heterocycles. The van der Waals surface area contributed by atoms with Crippen LogP contribution in [0.1, 0.15) is 47.0 Å². The summed E-state index contributed by atoms with van der Waals surface area (Å²) >= 11 is 0. The van der Waals surface area contributed by atoms with Crippen molar-refractivity contribution >= 4 is 11.9 Å². The highest BCUT2D eigenvalue weighted by Crippen LogP contribution is 2.05. The van der Waals surface area contributed by atoms with E-state index in [4.69, 9.17) is 9.47 Å². The molecule has 98 valence electrons. The highest BCUT2D eigenvalue weighted by atomic mass is 16.6. The van der Waals surface area contributed by atoms with Gasteiger partial charge in [0.05, 0.1) is 11.7 Å². The van der Waals surface area contributed by atoms with Crippen LogP contribution in [0.2, 0.25) is 0 Å². The number of hydrogen-bond donors (Lipinski definition) is 0. The Bertz CT molecular complexity index is 279. The van der Waals surface area contributed by atoms with Crippen molar-refractivity contribution in [2.24, 2.45) is 0 Å². The third-order valence-electron chi connectivity index (χ3n) is 1.90. The van der Waals surface area contributed by atoms with E-state index in [0.717, 1.165) is 6.42 Å². The largest absolute Gasteiger partial charge is 0.461 e. The Balaban J connectivity index is 4.30. The summed E-state index contributed by atoms with van der Waals surface area (Å²) in [6.45, 7) is 7.38. The number of esters is 2. The first-order valence-corrected chi connectivity index (χ1v) is 6.06. The van der Waals surface area contributed by atoms with E-state index in [-0.39, 0.29) is 18.7 Å². The molecule has 0 aromatic heterocycles. The molecule has 4 heteroatoms. The predicted molar refractivity (Wildman–Crippen MR) is 65.5 cm³/mol. The highest BCUT2D eigenvalue weighted by Gasteiger charge is 2.14. The maximum Gasteiger partial charge on any atom is 0.337 e. The fourth-order valence-corrected chi connectivity index (χ4v) is 1.17. The van der Waals surface area contributed by atoms with Crippen LogP contribution in [0.25, 0.3) is 0 Å². The third kappa shape index (κ3) is 7.55. The van der Waals surface area contributed by atoms with Gasteiger partial charge >= 0.3 is 11.9 Å². The summed E-state index contributed by atoms with van der Waals surface area (Å²) in [5.41, 5.74) is 0.408. The Morgan fingerprint density at radius 1 is 1.24 bits per heavy atom. The Labute approximate surface area is 103 Å². The Morgan fingerprint density at radius 2 is 1.88 bits per heavy atom. The lowest BCUT2D eigenvalue weighted by Gasteiger charge is -2.11. The van der Waals surface area contributed by atoms with Gasteiger partial charge in [-0.2, -0.15) is 0 Å². The van der Waals surface area contributed by atoms with Gasteiger partial charge in [-0.15, -0.1) is 0 Å².